The number of carbonyl (C=O) groups excluding carboxylic acids is 1. The van der Waals surface area contributed by atoms with Crippen molar-refractivity contribution in [2.45, 2.75) is 58.0 Å². The van der Waals surface area contributed by atoms with Gasteiger partial charge < -0.3 is 19.4 Å². The molecule has 0 saturated carbocycles. The molecule has 1 aliphatic heterocycles. The molecule has 0 amide bonds. The van der Waals surface area contributed by atoms with Crippen LogP contribution in [0.5, 0.6) is 5.75 Å². The number of carbonyl (C=O) groups is 1. The zero-order valence-corrected chi connectivity index (χ0v) is 23.8. The first-order valence-electron chi connectivity index (χ1n) is 13.8. The van der Waals surface area contributed by atoms with E-state index in [1.54, 1.807) is 19.9 Å². The molecule has 0 radical (unpaired) electrons. The second kappa shape index (κ2) is 12.3. The molecular weight excluding hydrogens is 526 g/mol. The number of ether oxygens (including phenoxy) is 2. The number of benzene rings is 1. The molecule has 0 bridgehead atoms. The summed E-state index contributed by atoms with van der Waals surface area (Å²) in [4.78, 5) is 19.7. The highest BCUT2D eigenvalue weighted by Crippen LogP contribution is 2.45. The Balaban J connectivity index is 1.75. The number of H-pyrrole nitrogens is 1. The molecule has 6 nitrogen and oxygen atoms in total. The lowest BCUT2D eigenvalue weighted by Gasteiger charge is -2.42. The van der Waals surface area contributed by atoms with Crippen LogP contribution in [0.1, 0.15) is 60.0 Å². The van der Waals surface area contributed by atoms with Gasteiger partial charge in [0.15, 0.2) is 0 Å². The SMILES string of the molecule is COC(=O)[C@H](C)CN1[C@H](c2c(F)ccc(OCCN(C)CCCF)c2C)c2[nH]c3c(c2C[C@H]1C)CC(F)(F)C=C3. The number of esters is 1. The van der Waals surface area contributed by atoms with Gasteiger partial charge in [-0.1, -0.05) is 6.92 Å². The lowest BCUT2D eigenvalue weighted by atomic mass is 9.84. The van der Waals surface area contributed by atoms with E-state index in [2.05, 4.69) is 4.98 Å². The van der Waals surface area contributed by atoms with Gasteiger partial charge in [-0.3, -0.25) is 14.1 Å². The fraction of sp³-hybridized carbons (Fsp3) is 0.567. The standard InChI is InChI=1S/C30H39F4N3O3/c1-18(29(38)39-5)17-37-19(2)15-21-22-16-30(33,34)10-9-24(22)35-27(21)28(37)26-20(3)25(8-7-23(26)32)40-14-13-36(4)12-6-11-31/h7-10,18-19,28,35H,6,11-17H2,1-5H3/t18-,19-,28-/m1/s1. The van der Waals surface area contributed by atoms with Crippen LogP contribution in [0.15, 0.2) is 18.2 Å². The van der Waals surface area contributed by atoms with E-state index in [0.717, 1.165) is 11.6 Å². The van der Waals surface area contributed by atoms with Crippen LogP contribution in [-0.2, 0) is 22.4 Å². The molecule has 1 aromatic carbocycles. The van der Waals surface area contributed by atoms with Gasteiger partial charge in [-0.2, -0.15) is 0 Å². The third kappa shape index (κ3) is 6.22. The van der Waals surface area contributed by atoms with E-state index >= 15 is 4.39 Å². The maximum atomic E-state index is 15.8. The Labute approximate surface area is 233 Å². The molecule has 2 aliphatic rings. The normalized spacial score (nSPS) is 20.8. The summed E-state index contributed by atoms with van der Waals surface area (Å²) in [5.74, 6) is -3.76. The van der Waals surface area contributed by atoms with Crippen molar-refractivity contribution < 1.29 is 31.8 Å². The van der Waals surface area contributed by atoms with E-state index < -0.39 is 30.1 Å². The monoisotopic (exact) mass is 565 g/mol. The minimum atomic E-state index is -2.95. The Morgan fingerprint density at radius 2 is 2.02 bits per heavy atom. The summed E-state index contributed by atoms with van der Waals surface area (Å²) in [7, 11) is 3.22. The molecule has 0 spiro atoms. The van der Waals surface area contributed by atoms with Gasteiger partial charge in [-0.25, -0.2) is 13.2 Å². The fourth-order valence-corrected chi connectivity index (χ4v) is 5.87. The van der Waals surface area contributed by atoms with Gasteiger partial charge in [0.25, 0.3) is 5.92 Å². The first-order chi connectivity index (χ1) is 19.0. The van der Waals surface area contributed by atoms with Crippen molar-refractivity contribution in [1.82, 2.24) is 14.8 Å². The number of aromatic nitrogens is 1. The van der Waals surface area contributed by atoms with Gasteiger partial charge in [0.1, 0.15) is 18.2 Å². The Morgan fingerprint density at radius 3 is 2.73 bits per heavy atom. The highest BCUT2D eigenvalue weighted by Gasteiger charge is 2.42. The Bertz CT molecular complexity index is 1250. The zero-order chi connectivity index (χ0) is 29.2. The minimum absolute atomic E-state index is 0.170. The first-order valence-corrected chi connectivity index (χ1v) is 13.8. The fourth-order valence-electron chi connectivity index (χ4n) is 5.87. The van der Waals surface area contributed by atoms with Crippen LogP contribution in [-0.4, -0.2) is 79.8 Å². The van der Waals surface area contributed by atoms with Crippen LogP contribution in [0.2, 0.25) is 0 Å². The summed E-state index contributed by atoms with van der Waals surface area (Å²) in [5.41, 5.74) is 3.58. The number of fused-ring (bicyclic) bond motifs is 3. The number of nitrogens with zero attached hydrogens (tertiary/aromatic N) is 2. The quantitative estimate of drug-likeness (QED) is 0.289. The number of likely N-dealkylation sites (N-methyl/N-ethyl adjacent to an activating group) is 1. The Kier molecular flexibility index (Phi) is 9.29. The molecule has 4 rings (SSSR count). The van der Waals surface area contributed by atoms with E-state index in [0.29, 0.717) is 66.4 Å². The lowest BCUT2D eigenvalue weighted by Crippen LogP contribution is -2.46. The predicted molar refractivity (Wildman–Crippen MR) is 146 cm³/mol. The molecule has 1 aliphatic carbocycles. The summed E-state index contributed by atoms with van der Waals surface area (Å²) in [6.45, 7) is 6.94. The third-order valence-corrected chi connectivity index (χ3v) is 8.04. The number of rotatable bonds is 11. The number of hydrogen-bond donors (Lipinski definition) is 1. The molecule has 2 heterocycles. The van der Waals surface area contributed by atoms with Crippen LogP contribution in [0, 0.1) is 18.7 Å². The lowest BCUT2D eigenvalue weighted by molar-refractivity contribution is -0.145. The maximum Gasteiger partial charge on any atom is 0.309 e. The van der Waals surface area contributed by atoms with E-state index in [9.17, 15) is 18.0 Å². The van der Waals surface area contributed by atoms with Crippen LogP contribution in [0.4, 0.5) is 17.6 Å². The van der Waals surface area contributed by atoms with Crippen molar-refractivity contribution in [3.63, 3.8) is 0 Å². The Hall–Kier alpha value is -2.85. The summed E-state index contributed by atoms with van der Waals surface area (Å²) < 4.78 is 68.1. The molecular formula is C30H39F4N3O3. The topological polar surface area (TPSA) is 57.8 Å². The van der Waals surface area contributed by atoms with Gasteiger partial charge >= 0.3 is 5.97 Å². The summed E-state index contributed by atoms with van der Waals surface area (Å²) in [6.07, 6.45) is 2.82. The zero-order valence-electron chi connectivity index (χ0n) is 23.8. The second-order valence-electron chi connectivity index (χ2n) is 11.0. The number of methoxy groups -OCH3 is 1. The van der Waals surface area contributed by atoms with Crippen LogP contribution >= 0.6 is 0 Å². The molecule has 0 saturated heterocycles. The van der Waals surface area contributed by atoms with Crippen molar-refractivity contribution in [3.05, 3.63) is 57.7 Å². The molecule has 220 valence electrons. The van der Waals surface area contributed by atoms with Crippen LogP contribution in [0.3, 0.4) is 0 Å². The summed E-state index contributed by atoms with van der Waals surface area (Å²) in [6, 6.07) is 2.13. The van der Waals surface area contributed by atoms with Crippen molar-refractivity contribution in [3.8, 4) is 5.75 Å². The molecule has 2 aromatic rings. The summed E-state index contributed by atoms with van der Waals surface area (Å²) >= 11 is 0. The van der Waals surface area contributed by atoms with E-state index in [1.165, 1.54) is 19.3 Å². The maximum absolute atomic E-state index is 15.8. The van der Waals surface area contributed by atoms with Gasteiger partial charge in [0.2, 0.25) is 0 Å². The molecule has 1 aromatic heterocycles. The number of allylic oxidation sites excluding steroid dienone is 1. The first kappa shape index (κ1) is 30.1. The van der Waals surface area contributed by atoms with Crippen LogP contribution in [0.25, 0.3) is 6.08 Å². The van der Waals surface area contributed by atoms with Gasteiger partial charge in [-0.05, 0) is 74.7 Å². The van der Waals surface area contributed by atoms with E-state index in [-0.39, 0.29) is 25.2 Å². The molecule has 3 atom stereocenters. The van der Waals surface area contributed by atoms with Crippen LogP contribution < -0.4 is 4.74 Å². The average Bonchev–Trinajstić information content (AvgIpc) is 3.25. The Morgan fingerprint density at radius 1 is 1.27 bits per heavy atom. The van der Waals surface area contributed by atoms with Crippen molar-refractivity contribution in [2.75, 3.05) is 47.1 Å². The largest absolute Gasteiger partial charge is 0.492 e. The average molecular weight is 566 g/mol. The molecule has 40 heavy (non-hydrogen) atoms. The number of nitrogens with one attached hydrogen (secondary N) is 1. The van der Waals surface area contributed by atoms with E-state index in [4.69, 9.17) is 9.47 Å². The summed E-state index contributed by atoms with van der Waals surface area (Å²) in [5, 5.41) is 0. The highest BCUT2D eigenvalue weighted by molar-refractivity contribution is 5.72. The number of alkyl halides is 3. The molecule has 0 fully saturated rings. The van der Waals surface area contributed by atoms with Gasteiger partial charge in [0, 0.05) is 49.0 Å². The molecule has 10 heteroatoms. The van der Waals surface area contributed by atoms with Crippen molar-refractivity contribution in [1.29, 1.82) is 0 Å². The van der Waals surface area contributed by atoms with Gasteiger partial charge in [-0.15, -0.1) is 0 Å². The molecule has 1 N–H and O–H groups in total. The highest BCUT2D eigenvalue weighted by atomic mass is 19.3. The van der Waals surface area contributed by atoms with E-state index in [1.807, 2.05) is 23.8 Å². The van der Waals surface area contributed by atoms with Crippen molar-refractivity contribution in [2.24, 2.45) is 5.92 Å². The molecule has 0 unspecified atom stereocenters. The number of halogens is 4. The number of aromatic amines is 1. The minimum Gasteiger partial charge on any atom is -0.492 e. The predicted octanol–water partition coefficient (Wildman–Crippen LogP) is 5.48. The third-order valence-electron chi connectivity index (χ3n) is 8.04. The van der Waals surface area contributed by atoms with Gasteiger partial charge in [0.05, 0.1) is 25.7 Å². The number of hydrogen-bond acceptors (Lipinski definition) is 5. The van der Waals surface area contributed by atoms with Crippen molar-refractivity contribution >= 4 is 12.0 Å². The second-order valence-corrected chi connectivity index (χ2v) is 11.0. The smallest absolute Gasteiger partial charge is 0.309 e.